The van der Waals surface area contributed by atoms with Gasteiger partial charge in [0.05, 0.1) is 6.61 Å². The maximum absolute atomic E-state index is 9.67. The van der Waals surface area contributed by atoms with Gasteiger partial charge in [-0.3, -0.25) is 0 Å². The summed E-state index contributed by atoms with van der Waals surface area (Å²) in [6.07, 6.45) is 8.54. The maximum Gasteiger partial charge on any atom is 0.166 e. The van der Waals surface area contributed by atoms with Crippen molar-refractivity contribution < 1.29 is 9.53 Å². The summed E-state index contributed by atoms with van der Waals surface area (Å²) >= 11 is 0. The molecular weight excluding hydrogens is 152 g/mol. The average Bonchev–Trinajstić information content (AvgIpc) is 2.10. The Kier molecular flexibility index (Phi) is 9.61. The van der Waals surface area contributed by atoms with Crippen molar-refractivity contribution in [3.05, 3.63) is 6.26 Å². The minimum atomic E-state index is 0.654. The number of unbranched alkanes of at least 4 members (excludes halogenated alkanes) is 5. The second kappa shape index (κ2) is 10.2. The Hall–Kier alpha value is -0.750. The summed E-state index contributed by atoms with van der Waals surface area (Å²) in [6.45, 7) is 2.86. The minimum absolute atomic E-state index is 0.654. The highest BCUT2D eigenvalue weighted by atomic mass is 16.5. The van der Waals surface area contributed by atoms with Crippen molar-refractivity contribution in [2.75, 3.05) is 6.61 Å². The van der Waals surface area contributed by atoms with E-state index >= 15 is 0 Å². The standard InChI is InChI=1S/C10H18O2/c1-2-3-4-5-6-7-9-12-10-8-11/h10H,2-7,9H2,1H3. The summed E-state index contributed by atoms with van der Waals surface area (Å²) in [7, 11) is 0. The monoisotopic (exact) mass is 170 g/mol. The van der Waals surface area contributed by atoms with E-state index in [1.165, 1.54) is 32.1 Å². The van der Waals surface area contributed by atoms with Gasteiger partial charge in [-0.15, -0.1) is 0 Å². The minimum Gasteiger partial charge on any atom is -0.490 e. The molecule has 0 aliphatic carbocycles. The molecule has 0 rings (SSSR count). The summed E-state index contributed by atoms with van der Waals surface area (Å²) in [4.78, 5) is 9.67. The van der Waals surface area contributed by atoms with Crippen LogP contribution in [0.15, 0.2) is 6.26 Å². The predicted molar refractivity (Wildman–Crippen MR) is 49.6 cm³/mol. The molecule has 0 spiro atoms. The lowest BCUT2D eigenvalue weighted by atomic mass is 10.1. The summed E-state index contributed by atoms with van der Waals surface area (Å²) < 4.78 is 4.84. The molecule has 0 amide bonds. The maximum atomic E-state index is 9.67. The van der Waals surface area contributed by atoms with Gasteiger partial charge in [0, 0.05) is 0 Å². The van der Waals surface area contributed by atoms with Crippen molar-refractivity contribution >= 4 is 5.94 Å². The van der Waals surface area contributed by atoms with Gasteiger partial charge in [-0.25, -0.2) is 4.79 Å². The van der Waals surface area contributed by atoms with E-state index in [9.17, 15) is 4.79 Å². The Morgan fingerprint density at radius 2 is 1.83 bits per heavy atom. The van der Waals surface area contributed by atoms with Crippen molar-refractivity contribution in [3.8, 4) is 0 Å². The molecule has 0 aliphatic heterocycles. The zero-order valence-electron chi connectivity index (χ0n) is 7.84. The number of hydrogen-bond acceptors (Lipinski definition) is 2. The van der Waals surface area contributed by atoms with E-state index < -0.39 is 0 Å². The van der Waals surface area contributed by atoms with Crippen molar-refractivity contribution in [2.45, 2.75) is 45.4 Å². The third-order valence-corrected chi connectivity index (χ3v) is 1.75. The van der Waals surface area contributed by atoms with Crippen molar-refractivity contribution in [3.63, 3.8) is 0 Å². The van der Waals surface area contributed by atoms with Gasteiger partial charge in [-0.05, 0) is 6.42 Å². The van der Waals surface area contributed by atoms with Crippen molar-refractivity contribution in [2.24, 2.45) is 0 Å². The number of hydrogen-bond donors (Lipinski definition) is 0. The third-order valence-electron chi connectivity index (χ3n) is 1.75. The average molecular weight is 170 g/mol. The number of carbonyl (C=O) groups excluding carboxylic acids is 1. The van der Waals surface area contributed by atoms with Gasteiger partial charge in [0.2, 0.25) is 0 Å². The van der Waals surface area contributed by atoms with E-state index in [1.54, 1.807) is 5.94 Å². The van der Waals surface area contributed by atoms with Crippen LogP contribution in [0.1, 0.15) is 45.4 Å². The highest BCUT2D eigenvalue weighted by Crippen LogP contribution is 2.04. The fourth-order valence-corrected chi connectivity index (χ4v) is 1.06. The highest BCUT2D eigenvalue weighted by Gasteiger charge is 1.88. The second-order valence-electron chi connectivity index (χ2n) is 2.87. The van der Waals surface area contributed by atoms with E-state index in [0.29, 0.717) is 6.61 Å². The lowest BCUT2D eigenvalue weighted by molar-refractivity contribution is 0.242. The fraction of sp³-hybridized carbons (Fsp3) is 0.800. The first-order valence-electron chi connectivity index (χ1n) is 4.72. The van der Waals surface area contributed by atoms with Crippen LogP contribution in [-0.4, -0.2) is 12.5 Å². The normalized spacial score (nSPS) is 9.08. The van der Waals surface area contributed by atoms with Gasteiger partial charge >= 0.3 is 0 Å². The first-order chi connectivity index (χ1) is 5.91. The molecule has 0 aromatic carbocycles. The number of ether oxygens (including phenoxy) is 1. The molecular formula is C10H18O2. The lowest BCUT2D eigenvalue weighted by Crippen LogP contribution is -1.87. The quantitative estimate of drug-likeness (QED) is 0.318. The van der Waals surface area contributed by atoms with Crippen LogP contribution < -0.4 is 0 Å². The van der Waals surface area contributed by atoms with Crippen LogP contribution in [0, 0.1) is 0 Å². The van der Waals surface area contributed by atoms with Crippen LogP contribution in [0.3, 0.4) is 0 Å². The molecule has 0 bridgehead atoms. The molecule has 0 aliphatic rings. The Morgan fingerprint density at radius 3 is 2.50 bits per heavy atom. The molecule has 0 atom stereocenters. The third kappa shape index (κ3) is 9.25. The SMILES string of the molecule is CCCCCCCCOC=C=O. The molecule has 0 N–H and O–H groups in total. The molecule has 70 valence electrons. The first-order valence-corrected chi connectivity index (χ1v) is 4.72. The smallest absolute Gasteiger partial charge is 0.166 e. The van der Waals surface area contributed by atoms with Gasteiger partial charge in [0.1, 0.15) is 0 Å². The molecule has 0 unspecified atom stereocenters. The molecule has 12 heavy (non-hydrogen) atoms. The molecule has 2 nitrogen and oxygen atoms in total. The Labute approximate surface area is 74.6 Å². The van der Waals surface area contributed by atoms with Gasteiger partial charge < -0.3 is 4.74 Å². The molecule has 0 radical (unpaired) electrons. The summed E-state index contributed by atoms with van der Waals surface area (Å²) in [5.41, 5.74) is 0. The van der Waals surface area contributed by atoms with Gasteiger partial charge in [0.15, 0.2) is 12.2 Å². The zero-order valence-corrected chi connectivity index (χ0v) is 7.84. The highest BCUT2D eigenvalue weighted by molar-refractivity contribution is 5.42. The Morgan fingerprint density at radius 1 is 1.17 bits per heavy atom. The topological polar surface area (TPSA) is 26.3 Å². The van der Waals surface area contributed by atoms with Crippen molar-refractivity contribution in [1.82, 2.24) is 0 Å². The molecule has 0 fully saturated rings. The molecule has 0 aromatic heterocycles. The molecule has 0 saturated heterocycles. The molecule has 2 heteroatoms. The molecule has 0 aromatic rings. The van der Waals surface area contributed by atoms with E-state index in [-0.39, 0.29) is 0 Å². The van der Waals surface area contributed by atoms with Gasteiger partial charge in [0.25, 0.3) is 0 Å². The Balaban J connectivity index is 2.86. The molecule has 0 saturated carbocycles. The summed E-state index contributed by atoms with van der Waals surface area (Å²) in [6, 6.07) is 0. The van der Waals surface area contributed by atoms with Gasteiger partial charge in [-0.2, -0.15) is 0 Å². The second-order valence-corrected chi connectivity index (χ2v) is 2.87. The summed E-state index contributed by atoms with van der Waals surface area (Å²) in [5.74, 6) is 1.58. The van der Waals surface area contributed by atoms with E-state index in [0.717, 1.165) is 12.7 Å². The van der Waals surface area contributed by atoms with Crippen molar-refractivity contribution in [1.29, 1.82) is 0 Å². The zero-order chi connectivity index (χ0) is 9.07. The largest absolute Gasteiger partial charge is 0.490 e. The van der Waals surface area contributed by atoms with Gasteiger partial charge in [-0.1, -0.05) is 39.0 Å². The van der Waals surface area contributed by atoms with Crippen LogP contribution in [0.4, 0.5) is 0 Å². The van der Waals surface area contributed by atoms with E-state index in [4.69, 9.17) is 4.74 Å². The van der Waals surface area contributed by atoms with Crippen LogP contribution in [-0.2, 0) is 9.53 Å². The van der Waals surface area contributed by atoms with Crippen LogP contribution >= 0.6 is 0 Å². The predicted octanol–water partition coefficient (Wildman–Crippen LogP) is 2.71. The Bertz CT molecular complexity index is 126. The first kappa shape index (κ1) is 11.2. The van der Waals surface area contributed by atoms with E-state index in [1.807, 2.05) is 0 Å². The van der Waals surface area contributed by atoms with Crippen LogP contribution in [0.5, 0.6) is 0 Å². The lowest BCUT2D eigenvalue weighted by Gasteiger charge is -1.99. The fourth-order valence-electron chi connectivity index (χ4n) is 1.06. The van der Waals surface area contributed by atoms with Crippen LogP contribution in [0.25, 0.3) is 0 Å². The van der Waals surface area contributed by atoms with E-state index in [2.05, 4.69) is 6.92 Å². The summed E-state index contributed by atoms with van der Waals surface area (Å²) in [5, 5.41) is 0. The molecule has 0 heterocycles. The number of rotatable bonds is 8. The van der Waals surface area contributed by atoms with Crippen LogP contribution in [0.2, 0.25) is 0 Å².